The maximum atomic E-state index is 10.1. The molecule has 1 aliphatic rings. The minimum absolute atomic E-state index is 0.0302. The van der Waals surface area contributed by atoms with Crippen molar-refractivity contribution in [1.82, 2.24) is 0 Å². The predicted molar refractivity (Wildman–Crippen MR) is 54.9 cm³/mol. The van der Waals surface area contributed by atoms with E-state index in [1.165, 1.54) is 0 Å². The van der Waals surface area contributed by atoms with E-state index in [0.29, 0.717) is 5.92 Å². The summed E-state index contributed by atoms with van der Waals surface area (Å²) in [5.41, 5.74) is 0.950. The summed E-state index contributed by atoms with van der Waals surface area (Å²) in [5, 5.41) is 10.1. The molecule has 0 bridgehead atoms. The first-order chi connectivity index (χ1) is 6.79. The van der Waals surface area contributed by atoms with Gasteiger partial charge in [0, 0.05) is 6.61 Å². The van der Waals surface area contributed by atoms with Gasteiger partial charge in [-0.15, -0.1) is 0 Å². The van der Waals surface area contributed by atoms with Gasteiger partial charge in [-0.2, -0.15) is 0 Å². The fourth-order valence-corrected chi connectivity index (χ4v) is 1.96. The number of hydrogen-bond donors (Lipinski definition) is 1. The number of benzene rings is 1. The molecule has 0 radical (unpaired) electrons. The van der Waals surface area contributed by atoms with Crippen molar-refractivity contribution < 1.29 is 9.84 Å². The highest BCUT2D eigenvalue weighted by molar-refractivity contribution is 5.18. The van der Waals surface area contributed by atoms with Gasteiger partial charge in [0.25, 0.3) is 0 Å². The molecule has 2 nitrogen and oxygen atoms in total. The lowest BCUT2D eigenvalue weighted by atomic mass is 9.95. The Kier molecular flexibility index (Phi) is 2.85. The Labute approximate surface area is 84.5 Å². The summed E-state index contributed by atoms with van der Waals surface area (Å²) in [6.07, 6.45) is 0.542. The number of ether oxygens (including phenoxy) is 1. The Morgan fingerprint density at radius 3 is 2.64 bits per heavy atom. The lowest BCUT2D eigenvalue weighted by Gasteiger charge is -2.21. The first-order valence-electron chi connectivity index (χ1n) is 5.13. The molecule has 14 heavy (non-hydrogen) atoms. The Bertz CT molecular complexity index is 284. The van der Waals surface area contributed by atoms with Crippen LogP contribution in [0.25, 0.3) is 0 Å². The van der Waals surface area contributed by atoms with Crippen LogP contribution in [-0.2, 0) is 4.74 Å². The van der Waals surface area contributed by atoms with Crippen LogP contribution in [0.2, 0.25) is 0 Å². The lowest BCUT2D eigenvalue weighted by Crippen LogP contribution is -2.22. The first-order valence-corrected chi connectivity index (χ1v) is 5.13. The van der Waals surface area contributed by atoms with Crippen LogP contribution in [0.15, 0.2) is 30.3 Å². The van der Waals surface area contributed by atoms with Gasteiger partial charge in [0.2, 0.25) is 0 Å². The van der Waals surface area contributed by atoms with E-state index >= 15 is 0 Å². The SMILES string of the molecule is CC1CCOC1C(O)c1ccccc1. The fourth-order valence-electron chi connectivity index (χ4n) is 1.96. The van der Waals surface area contributed by atoms with Gasteiger partial charge in [0.15, 0.2) is 0 Å². The Morgan fingerprint density at radius 2 is 2.07 bits per heavy atom. The summed E-state index contributed by atoms with van der Waals surface area (Å²) in [7, 11) is 0. The van der Waals surface area contributed by atoms with E-state index in [9.17, 15) is 5.11 Å². The number of hydrogen-bond acceptors (Lipinski definition) is 2. The Hall–Kier alpha value is -0.860. The van der Waals surface area contributed by atoms with Crippen LogP contribution in [0.5, 0.6) is 0 Å². The van der Waals surface area contributed by atoms with Crippen molar-refractivity contribution in [3.05, 3.63) is 35.9 Å². The number of aliphatic hydroxyl groups excluding tert-OH is 1. The summed E-state index contributed by atoms with van der Waals surface area (Å²) in [6.45, 7) is 2.90. The summed E-state index contributed by atoms with van der Waals surface area (Å²) >= 11 is 0. The summed E-state index contributed by atoms with van der Waals surface area (Å²) in [5.74, 6) is 0.449. The Morgan fingerprint density at radius 1 is 1.36 bits per heavy atom. The summed E-state index contributed by atoms with van der Waals surface area (Å²) < 4.78 is 5.53. The van der Waals surface area contributed by atoms with E-state index in [-0.39, 0.29) is 6.10 Å². The van der Waals surface area contributed by atoms with E-state index in [1.807, 2.05) is 30.3 Å². The van der Waals surface area contributed by atoms with Crippen molar-refractivity contribution in [2.24, 2.45) is 5.92 Å². The zero-order valence-electron chi connectivity index (χ0n) is 8.39. The van der Waals surface area contributed by atoms with Crippen LogP contribution in [0, 0.1) is 5.92 Å². The van der Waals surface area contributed by atoms with Gasteiger partial charge >= 0.3 is 0 Å². The standard InChI is InChI=1S/C12H16O2/c1-9-7-8-14-12(9)11(13)10-5-3-2-4-6-10/h2-6,9,11-13H,7-8H2,1H3. The quantitative estimate of drug-likeness (QED) is 0.778. The molecule has 1 saturated heterocycles. The van der Waals surface area contributed by atoms with E-state index in [1.54, 1.807) is 0 Å². The van der Waals surface area contributed by atoms with Gasteiger partial charge in [0.05, 0.1) is 6.10 Å². The molecule has 1 heterocycles. The molecule has 0 aliphatic carbocycles. The van der Waals surface area contributed by atoms with E-state index in [4.69, 9.17) is 4.74 Å². The molecule has 0 saturated carbocycles. The molecule has 0 aromatic heterocycles. The second kappa shape index (κ2) is 4.11. The zero-order chi connectivity index (χ0) is 9.97. The molecule has 1 aliphatic heterocycles. The summed E-state index contributed by atoms with van der Waals surface area (Å²) in [6, 6.07) is 9.73. The van der Waals surface area contributed by atoms with Gasteiger partial charge in [-0.3, -0.25) is 0 Å². The van der Waals surface area contributed by atoms with Gasteiger partial charge in [-0.25, -0.2) is 0 Å². The van der Waals surface area contributed by atoms with Crippen LogP contribution < -0.4 is 0 Å². The molecule has 1 aromatic carbocycles. The average Bonchev–Trinajstić information content (AvgIpc) is 2.65. The fraction of sp³-hybridized carbons (Fsp3) is 0.500. The van der Waals surface area contributed by atoms with Crippen molar-refractivity contribution in [2.75, 3.05) is 6.61 Å². The van der Waals surface area contributed by atoms with E-state index in [0.717, 1.165) is 18.6 Å². The maximum Gasteiger partial charge on any atom is 0.105 e. The third-order valence-electron chi connectivity index (χ3n) is 2.90. The van der Waals surface area contributed by atoms with E-state index < -0.39 is 6.10 Å². The topological polar surface area (TPSA) is 29.5 Å². The molecule has 2 heteroatoms. The first kappa shape index (κ1) is 9.69. The second-order valence-corrected chi connectivity index (χ2v) is 3.96. The number of rotatable bonds is 2. The van der Waals surface area contributed by atoms with Gasteiger partial charge in [-0.05, 0) is 17.9 Å². The van der Waals surface area contributed by atoms with Crippen LogP contribution in [0.1, 0.15) is 25.0 Å². The van der Waals surface area contributed by atoms with Gasteiger partial charge in [0.1, 0.15) is 6.10 Å². The molecule has 1 aromatic rings. The molecule has 76 valence electrons. The molecule has 0 spiro atoms. The molecule has 1 N–H and O–H groups in total. The molecule has 3 atom stereocenters. The number of aliphatic hydroxyl groups is 1. The normalized spacial score (nSPS) is 29.0. The van der Waals surface area contributed by atoms with Crippen molar-refractivity contribution in [2.45, 2.75) is 25.6 Å². The van der Waals surface area contributed by atoms with Crippen molar-refractivity contribution in [3.8, 4) is 0 Å². The molecular weight excluding hydrogens is 176 g/mol. The monoisotopic (exact) mass is 192 g/mol. The van der Waals surface area contributed by atoms with Gasteiger partial charge in [-0.1, -0.05) is 37.3 Å². The molecular formula is C12H16O2. The minimum atomic E-state index is -0.478. The summed E-state index contributed by atoms with van der Waals surface area (Å²) in [4.78, 5) is 0. The maximum absolute atomic E-state index is 10.1. The predicted octanol–water partition coefficient (Wildman–Crippen LogP) is 2.15. The third kappa shape index (κ3) is 1.81. The van der Waals surface area contributed by atoms with Crippen molar-refractivity contribution in [1.29, 1.82) is 0 Å². The largest absolute Gasteiger partial charge is 0.386 e. The van der Waals surface area contributed by atoms with Crippen molar-refractivity contribution >= 4 is 0 Å². The minimum Gasteiger partial charge on any atom is -0.386 e. The van der Waals surface area contributed by atoms with Crippen LogP contribution in [-0.4, -0.2) is 17.8 Å². The molecule has 2 rings (SSSR count). The Balaban J connectivity index is 2.12. The molecule has 1 fully saturated rings. The molecule has 3 unspecified atom stereocenters. The smallest absolute Gasteiger partial charge is 0.105 e. The van der Waals surface area contributed by atoms with E-state index in [2.05, 4.69) is 6.92 Å². The lowest BCUT2D eigenvalue weighted by molar-refractivity contribution is -0.0178. The highest BCUT2D eigenvalue weighted by Crippen LogP contribution is 2.30. The second-order valence-electron chi connectivity index (χ2n) is 3.96. The van der Waals surface area contributed by atoms with Gasteiger partial charge < -0.3 is 9.84 Å². The van der Waals surface area contributed by atoms with Crippen LogP contribution >= 0.6 is 0 Å². The van der Waals surface area contributed by atoms with Crippen LogP contribution in [0.4, 0.5) is 0 Å². The highest BCUT2D eigenvalue weighted by atomic mass is 16.5. The van der Waals surface area contributed by atoms with Crippen molar-refractivity contribution in [3.63, 3.8) is 0 Å². The molecule has 0 amide bonds. The highest BCUT2D eigenvalue weighted by Gasteiger charge is 2.31. The van der Waals surface area contributed by atoms with Crippen LogP contribution in [0.3, 0.4) is 0 Å². The average molecular weight is 192 g/mol. The third-order valence-corrected chi connectivity index (χ3v) is 2.90. The zero-order valence-corrected chi connectivity index (χ0v) is 8.39.